The quantitative estimate of drug-likeness (QED) is 0.278. The summed E-state index contributed by atoms with van der Waals surface area (Å²) < 4.78 is 5.35. The number of benzene rings is 3. The number of carbonyl (C=O) groups is 2. The minimum absolute atomic E-state index is 0.194. The van der Waals surface area contributed by atoms with Gasteiger partial charge in [-0.05, 0) is 32.3 Å². The summed E-state index contributed by atoms with van der Waals surface area (Å²) in [4.78, 5) is 31.0. The van der Waals surface area contributed by atoms with Crippen molar-refractivity contribution in [1.82, 2.24) is 15.2 Å². The Kier molecular flexibility index (Phi) is 6.98. The van der Waals surface area contributed by atoms with Crippen molar-refractivity contribution in [2.75, 3.05) is 44.9 Å². The molecule has 4 rings (SSSR count). The van der Waals surface area contributed by atoms with Gasteiger partial charge in [0.15, 0.2) is 0 Å². The lowest BCUT2D eigenvalue weighted by molar-refractivity contribution is 0.0952. The van der Waals surface area contributed by atoms with Gasteiger partial charge in [0, 0.05) is 47.4 Å². The summed E-state index contributed by atoms with van der Waals surface area (Å²) in [6.45, 7) is 1.24. The van der Waals surface area contributed by atoms with Gasteiger partial charge in [0.2, 0.25) is 0 Å². The van der Waals surface area contributed by atoms with Crippen LogP contribution in [0.15, 0.2) is 60.7 Å². The van der Waals surface area contributed by atoms with Crippen molar-refractivity contribution in [3.05, 3.63) is 66.2 Å². The van der Waals surface area contributed by atoms with E-state index < -0.39 is 6.09 Å². The third-order valence-electron chi connectivity index (χ3n) is 5.46. The maximum Gasteiger partial charge on any atom is 0.409 e. The number of likely N-dealkylation sites (N-methyl/N-ethyl adjacent to an activating group) is 1. The van der Waals surface area contributed by atoms with Crippen LogP contribution >= 0.6 is 0 Å². The van der Waals surface area contributed by atoms with E-state index in [4.69, 9.17) is 14.8 Å². The fraction of sp³-hybridized carbons (Fsp3) is 0.192. The normalized spacial score (nSPS) is 11.0. The molecule has 2 amide bonds. The number of para-hydroxylation sites is 2. The Morgan fingerprint density at radius 1 is 1.00 bits per heavy atom. The first kappa shape index (κ1) is 23.8. The van der Waals surface area contributed by atoms with E-state index in [0.29, 0.717) is 34.7 Å². The van der Waals surface area contributed by atoms with Gasteiger partial charge in [-0.15, -0.1) is 0 Å². The average Bonchev–Trinajstić information content (AvgIpc) is 2.82. The third-order valence-corrected chi connectivity index (χ3v) is 5.46. The smallest absolute Gasteiger partial charge is 0.409 e. The fourth-order valence-electron chi connectivity index (χ4n) is 3.85. The Hall–Kier alpha value is -4.37. The highest BCUT2D eigenvalue weighted by atomic mass is 16.5. The second kappa shape index (κ2) is 10.3. The highest BCUT2D eigenvalue weighted by Crippen LogP contribution is 2.36. The number of methoxy groups -OCH3 is 1. The van der Waals surface area contributed by atoms with E-state index in [2.05, 4.69) is 16.0 Å². The van der Waals surface area contributed by atoms with Crippen LogP contribution in [0, 0.1) is 0 Å². The van der Waals surface area contributed by atoms with Gasteiger partial charge in [-0.1, -0.05) is 30.3 Å². The van der Waals surface area contributed by atoms with Crippen LogP contribution in [0.4, 0.5) is 21.9 Å². The van der Waals surface area contributed by atoms with Crippen molar-refractivity contribution in [2.45, 2.75) is 0 Å². The number of ether oxygens (including phenoxy) is 1. The summed E-state index contributed by atoms with van der Waals surface area (Å²) in [7, 11) is 5.42. The first-order valence-corrected chi connectivity index (χ1v) is 11.1. The molecule has 180 valence electrons. The van der Waals surface area contributed by atoms with Gasteiger partial charge in [0.1, 0.15) is 5.75 Å². The molecule has 0 unspecified atom stereocenters. The van der Waals surface area contributed by atoms with Crippen molar-refractivity contribution < 1.29 is 19.4 Å². The first-order chi connectivity index (χ1) is 16.9. The van der Waals surface area contributed by atoms with Crippen LogP contribution in [0.5, 0.6) is 5.75 Å². The molecule has 0 saturated heterocycles. The summed E-state index contributed by atoms with van der Waals surface area (Å²) in [6.07, 6.45) is -1.17. The van der Waals surface area contributed by atoms with Gasteiger partial charge in [-0.2, -0.15) is 0 Å². The van der Waals surface area contributed by atoms with Crippen molar-refractivity contribution >= 4 is 50.9 Å². The molecular formula is C26H27N5O4. The predicted octanol–water partition coefficient (Wildman–Crippen LogP) is 4.52. The van der Waals surface area contributed by atoms with Crippen LogP contribution in [0.2, 0.25) is 0 Å². The first-order valence-electron chi connectivity index (χ1n) is 11.1. The number of fused-ring (bicyclic) bond motifs is 2. The maximum atomic E-state index is 13.0. The number of carbonyl (C=O) groups excluding carboxylic acids is 1. The Labute approximate surface area is 202 Å². The monoisotopic (exact) mass is 473 g/mol. The van der Waals surface area contributed by atoms with E-state index in [1.807, 2.05) is 55.4 Å². The maximum absolute atomic E-state index is 13.0. The predicted molar refractivity (Wildman–Crippen MR) is 138 cm³/mol. The molecule has 0 spiro atoms. The molecule has 0 fully saturated rings. The van der Waals surface area contributed by atoms with E-state index in [1.54, 1.807) is 24.3 Å². The fourth-order valence-corrected chi connectivity index (χ4v) is 3.85. The molecule has 0 radical (unpaired) electrons. The summed E-state index contributed by atoms with van der Waals surface area (Å²) in [5, 5.41) is 19.5. The van der Waals surface area contributed by atoms with Crippen molar-refractivity contribution in [3.8, 4) is 5.75 Å². The molecule has 0 aliphatic carbocycles. The lowest BCUT2D eigenvalue weighted by atomic mass is 10.0. The number of anilines is 3. The average molecular weight is 474 g/mol. The molecule has 4 N–H and O–H groups in total. The van der Waals surface area contributed by atoms with Gasteiger partial charge >= 0.3 is 6.09 Å². The van der Waals surface area contributed by atoms with Crippen LogP contribution < -0.4 is 20.7 Å². The second-order valence-electron chi connectivity index (χ2n) is 8.27. The molecule has 0 atom stereocenters. The van der Waals surface area contributed by atoms with Gasteiger partial charge in [-0.25, -0.2) is 9.78 Å². The minimum atomic E-state index is -1.17. The topological polar surface area (TPSA) is 116 Å². The number of hydrogen-bond donors (Lipinski definition) is 4. The molecule has 0 saturated carbocycles. The number of pyridine rings is 1. The van der Waals surface area contributed by atoms with Gasteiger partial charge < -0.3 is 25.4 Å². The molecular weight excluding hydrogens is 446 g/mol. The molecule has 3 aromatic carbocycles. The molecule has 0 aliphatic rings. The Bertz CT molecular complexity index is 1400. The molecule has 9 heteroatoms. The zero-order valence-corrected chi connectivity index (χ0v) is 19.8. The Morgan fingerprint density at radius 2 is 1.74 bits per heavy atom. The molecule has 4 aromatic rings. The minimum Gasteiger partial charge on any atom is -0.497 e. The van der Waals surface area contributed by atoms with Crippen molar-refractivity contribution in [2.24, 2.45) is 0 Å². The molecule has 1 heterocycles. The SMILES string of the molecule is COc1cc(NC(=O)O)cc(Nc2c3ccccc3nc3c(C(=O)NCCN(C)C)cccc23)c1. The van der Waals surface area contributed by atoms with Crippen LogP contribution in [-0.4, -0.2) is 61.3 Å². The van der Waals surface area contributed by atoms with Crippen LogP contribution in [0.3, 0.4) is 0 Å². The highest BCUT2D eigenvalue weighted by molar-refractivity contribution is 6.14. The standard InChI is InChI=1S/C26H27N5O4/c1-31(2)12-11-27-25(32)21-9-6-8-20-23(19-7-4-5-10-22(19)30-24(20)21)28-16-13-17(29-26(33)34)15-18(14-16)35-3/h4-10,13-15,29H,11-12H2,1-3H3,(H,27,32)(H,28,30)(H,33,34). The number of nitrogens with zero attached hydrogens (tertiary/aromatic N) is 2. The second-order valence-corrected chi connectivity index (χ2v) is 8.27. The van der Waals surface area contributed by atoms with Crippen LogP contribution in [0.1, 0.15) is 10.4 Å². The number of rotatable bonds is 8. The van der Waals surface area contributed by atoms with E-state index in [1.165, 1.54) is 7.11 Å². The van der Waals surface area contributed by atoms with E-state index in [0.717, 1.165) is 28.5 Å². The Balaban J connectivity index is 1.83. The molecule has 9 nitrogen and oxygen atoms in total. The zero-order valence-electron chi connectivity index (χ0n) is 19.8. The lowest BCUT2D eigenvalue weighted by Crippen LogP contribution is -2.31. The number of amides is 2. The zero-order chi connectivity index (χ0) is 24.9. The van der Waals surface area contributed by atoms with Gasteiger partial charge in [-0.3, -0.25) is 10.1 Å². The number of hydrogen-bond acceptors (Lipinski definition) is 6. The number of aromatic nitrogens is 1. The summed E-state index contributed by atoms with van der Waals surface area (Å²) in [6, 6.07) is 18.2. The largest absolute Gasteiger partial charge is 0.497 e. The molecule has 35 heavy (non-hydrogen) atoms. The number of nitrogens with one attached hydrogen (secondary N) is 3. The summed E-state index contributed by atoms with van der Waals surface area (Å²) in [5.74, 6) is 0.294. The molecule has 0 aliphatic heterocycles. The van der Waals surface area contributed by atoms with Gasteiger partial charge in [0.25, 0.3) is 5.91 Å². The number of carboxylic acid groups (broad SMARTS) is 1. The van der Waals surface area contributed by atoms with Crippen molar-refractivity contribution in [3.63, 3.8) is 0 Å². The Morgan fingerprint density at radius 3 is 2.49 bits per heavy atom. The van der Waals surface area contributed by atoms with E-state index >= 15 is 0 Å². The lowest BCUT2D eigenvalue weighted by Gasteiger charge is -2.17. The summed E-state index contributed by atoms with van der Waals surface area (Å²) >= 11 is 0. The van der Waals surface area contributed by atoms with Crippen LogP contribution in [-0.2, 0) is 0 Å². The van der Waals surface area contributed by atoms with E-state index in [-0.39, 0.29) is 5.91 Å². The third kappa shape index (κ3) is 5.42. The molecule has 0 bridgehead atoms. The molecule has 1 aromatic heterocycles. The highest BCUT2D eigenvalue weighted by Gasteiger charge is 2.16. The van der Waals surface area contributed by atoms with Crippen LogP contribution in [0.25, 0.3) is 21.8 Å². The van der Waals surface area contributed by atoms with Gasteiger partial charge in [0.05, 0.1) is 29.4 Å². The van der Waals surface area contributed by atoms with Crippen molar-refractivity contribution in [1.29, 1.82) is 0 Å². The summed E-state index contributed by atoms with van der Waals surface area (Å²) in [5.41, 5.74) is 3.51. The van der Waals surface area contributed by atoms with E-state index in [9.17, 15) is 9.59 Å².